The molecular weight excluding hydrogens is 373 g/mol. The van der Waals surface area contributed by atoms with Crippen LogP contribution in [0.15, 0.2) is 53.1 Å². The van der Waals surface area contributed by atoms with Gasteiger partial charge in [-0.1, -0.05) is 64.8 Å². The van der Waals surface area contributed by atoms with Gasteiger partial charge in [0.15, 0.2) is 0 Å². The van der Waals surface area contributed by atoms with Crippen molar-refractivity contribution < 1.29 is 9.32 Å². The maximum Gasteiger partial charge on any atom is 0.227 e. The van der Waals surface area contributed by atoms with Crippen LogP contribution < -0.4 is 0 Å². The number of benzene rings is 2. The highest BCUT2D eigenvalue weighted by molar-refractivity contribution is 6.35. The summed E-state index contributed by atoms with van der Waals surface area (Å²) in [6, 6.07) is 14.8. The van der Waals surface area contributed by atoms with E-state index < -0.39 is 0 Å². The molecule has 134 valence electrons. The van der Waals surface area contributed by atoms with Crippen molar-refractivity contribution >= 4 is 29.1 Å². The molecule has 0 bridgehead atoms. The Morgan fingerprint density at radius 2 is 1.92 bits per heavy atom. The minimum Gasteiger partial charge on any atom is -0.341 e. The van der Waals surface area contributed by atoms with Crippen LogP contribution >= 0.6 is 23.2 Å². The SMILES string of the molecule is CN(Cc1ccc(Cl)cc1Cl)C(=O)CCc1nc(-c2ccccc2)no1. The van der Waals surface area contributed by atoms with Crippen molar-refractivity contribution in [1.82, 2.24) is 15.0 Å². The van der Waals surface area contributed by atoms with Crippen LogP contribution in [0.25, 0.3) is 11.4 Å². The summed E-state index contributed by atoms with van der Waals surface area (Å²) in [6.07, 6.45) is 0.662. The quantitative estimate of drug-likeness (QED) is 0.616. The molecule has 1 heterocycles. The van der Waals surface area contributed by atoms with E-state index in [1.807, 2.05) is 36.4 Å². The lowest BCUT2D eigenvalue weighted by molar-refractivity contribution is -0.130. The Balaban J connectivity index is 1.56. The first-order valence-corrected chi connectivity index (χ1v) is 8.84. The summed E-state index contributed by atoms with van der Waals surface area (Å²) in [4.78, 5) is 18.3. The van der Waals surface area contributed by atoms with E-state index in [1.54, 1.807) is 24.1 Å². The maximum absolute atomic E-state index is 12.3. The zero-order chi connectivity index (χ0) is 18.5. The lowest BCUT2D eigenvalue weighted by Gasteiger charge is -2.17. The second-order valence-electron chi connectivity index (χ2n) is 5.86. The van der Waals surface area contributed by atoms with Crippen LogP contribution in [0.3, 0.4) is 0 Å². The first-order chi connectivity index (χ1) is 12.5. The largest absolute Gasteiger partial charge is 0.341 e. The van der Waals surface area contributed by atoms with Gasteiger partial charge in [0, 0.05) is 42.0 Å². The maximum atomic E-state index is 12.3. The summed E-state index contributed by atoms with van der Waals surface area (Å²) in [5.74, 6) is 0.931. The van der Waals surface area contributed by atoms with E-state index in [9.17, 15) is 4.79 Å². The lowest BCUT2D eigenvalue weighted by Crippen LogP contribution is -2.26. The second kappa shape index (κ2) is 8.34. The molecule has 0 atom stereocenters. The standard InChI is InChI=1S/C19H17Cl2N3O2/c1-24(12-14-7-8-15(20)11-16(14)21)18(25)10-9-17-22-19(23-26-17)13-5-3-2-4-6-13/h2-8,11H,9-10,12H2,1H3. The number of carbonyl (C=O) groups excluding carboxylic acids is 1. The molecule has 0 saturated carbocycles. The van der Waals surface area contributed by atoms with Crippen molar-refractivity contribution in [3.05, 3.63) is 70.0 Å². The molecule has 0 fully saturated rings. The summed E-state index contributed by atoms with van der Waals surface area (Å²) in [7, 11) is 1.73. The predicted octanol–water partition coefficient (Wildman–Crippen LogP) is 4.63. The highest BCUT2D eigenvalue weighted by Gasteiger charge is 2.14. The highest BCUT2D eigenvalue weighted by atomic mass is 35.5. The average molecular weight is 390 g/mol. The van der Waals surface area contributed by atoms with Gasteiger partial charge < -0.3 is 9.42 Å². The fraction of sp³-hybridized carbons (Fsp3) is 0.211. The number of carbonyl (C=O) groups is 1. The molecule has 1 amide bonds. The highest BCUT2D eigenvalue weighted by Crippen LogP contribution is 2.22. The van der Waals surface area contributed by atoms with E-state index in [0.29, 0.717) is 34.7 Å². The van der Waals surface area contributed by atoms with Crippen molar-refractivity contribution in [3.8, 4) is 11.4 Å². The first kappa shape index (κ1) is 18.4. The van der Waals surface area contributed by atoms with Crippen LogP contribution in [0, 0.1) is 0 Å². The number of halogens is 2. The first-order valence-electron chi connectivity index (χ1n) is 8.09. The normalized spacial score (nSPS) is 10.7. The Kier molecular flexibility index (Phi) is 5.91. The van der Waals surface area contributed by atoms with Crippen molar-refractivity contribution in [2.45, 2.75) is 19.4 Å². The van der Waals surface area contributed by atoms with Crippen LogP contribution in [0.1, 0.15) is 17.9 Å². The average Bonchev–Trinajstić information content (AvgIpc) is 3.11. The van der Waals surface area contributed by atoms with E-state index in [1.165, 1.54) is 0 Å². The Hall–Kier alpha value is -2.37. The van der Waals surface area contributed by atoms with Crippen LogP contribution in [-0.2, 0) is 17.8 Å². The number of aryl methyl sites for hydroxylation is 1. The number of aromatic nitrogens is 2. The van der Waals surface area contributed by atoms with Gasteiger partial charge >= 0.3 is 0 Å². The zero-order valence-electron chi connectivity index (χ0n) is 14.2. The molecule has 3 rings (SSSR count). The van der Waals surface area contributed by atoms with Crippen LogP contribution in [0.2, 0.25) is 10.0 Å². The lowest BCUT2D eigenvalue weighted by atomic mass is 10.2. The van der Waals surface area contributed by atoms with Crippen molar-refractivity contribution in [2.75, 3.05) is 7.05 Å². The minimum atomic E-state index is -0.0320. The van der Waals surface area contributed by atoms with Gasteiger partial charge in [-0.15, -0.1) is 0 Å². The smallest absolute Gasteiger partial charge is 0.227 e. The van der Waals surface area contributed by atoms with Crippen molar-refractivity contribution in [1.29, 1.82) is 0 Å². The molecule has 0 unspecified atom stereocenters. The number of hydrogen-bond acceptors (Lipinski definition) is 4. The molecule has 0 aliphatic carbocycles. The number of hydrogen-bond donors (Lipinski definition) is 0. The molecule has 1 aromatic heterocycles. The van der Waals surface area contributed by atoms with E-state index >= 15 is 0 Å². The van der Waals surface area contributed by atoms with E-state index in [0.717, 1.165) is 11.1 Å². The van der Waals surface area contributed by atoms with Crippen LogP contribution in [0.5, 0.6) is 0 Å². The molecule has 0 spiro atoms. The third-order valence-electron chi connectivity index (χ3n) is 3.90. The fourth-order valence-electron chi connectivity index (χ4n) is 2.46. The summed E-state index contributed by atoms with van der Waals surface area (Å²) < 4.78 is 5.23. The Bertz CT molecular complexity index is 897. The molecule has 0 radical (unpaired) electrons. The van der Waals surface area contributed by atoms with Crippen molar-refractivity contribution in [3.63, 3.8) is 0 Å². The molecule has 5 nitrogen and oxygen atoms in total. The molecule has 7 heteroatoms. The van der Waals surface area contributed by atoms with Gasteiger partial charge in [0.2, 0.25) is 17.6 Å². The van der Waals surface area contributed by atoms with E-state index in [2.05, 4.69) is 10.1 Å². The number of amides is 1. The zero-order valence-corrected chi connectivity index (χ0v) is 15.7. The van der Waals surface area contributed by atoms with E-state index in [-0.39, 0.29) is 12.3 Å². The number of rotatable bonds is 6. The second-order valence-corrected chi connectivity index (χ2v) is 6.71. The fourth-order valence-corrected chi connectivity index (χ4v) is 2.93. The van der Waals surface area contributed by atoms with E-state index in [4.69, 9.17) is 27.7 Å². The third kappa shape index (κ3) is 4.62. The van der Waals surface area contributed by atoms with Gasteiger partial charge in [-0.25, -0.2) is 0 Å². The summed E-state index contributed by atoms with van der Waals surface area (Å²) in [5.41, 5.74) is 1.72. The predicted molar refractivity (Wildman–Crippen MR) is 101 cm³/mol. The molecule has 0 aliphatic heterocycles. The molecular formula is C19H17Cl2N3O2. The van der Waals surface area contributed by atoms with Crippen molar-refractivity contribution in [2.24, 2.45) is 0 Å². The van der Waals surface area contributed by atoms with Gasteiger partial charge in [-0.3, -0.25) is 4.79 Å². The number of nitrogens with zero attached hydrogens (tertiary/aromatic N) is 3. The Labute approximate surface area is 161 Å². The summed E-state index contributed by atoms with van der Waals surface area (Å²) in [6.45, 7) is 0.411. The van der Waals surface area contributed by atoms with Gasteiger partial charge in [-0.2, -0.15) is 4.98 Å². The summed E-state index contributed by atoms with van der Waals surface area (Å²) >= 11 is 12.0. The van der Waals surface area contributed by atoms with Gasteiger partial charge in [-0.05, 0) is 17.7 Å². The van der Waals surface area contributed by atoms with Gasteiger partial charge in [0.05, 0.1) is 0 Å². The van der Waals surface area contributed by atoms with Crippen LogP contribution in [-0.4, -0.2) is 28.0 Å². The topological polar surface area (TPSA) is 59.2 Å². The third-order valence-corrected chi connectivity index (χ3v) is 4.49. The molecule has 0 saturated heterocycles. The summed E-state index contributed by atoms with van der Waals surface area (Å²) in [5, 5.41) is 5.07. The Morgan fingerprint density at radius 3 is 2.65 bits per heavy atom. The van der Waals surface area contributed by atoms with Gasteiger partial charge in [0.25, 0.3) is 0 Å². The molecule has 2 aromatic carbocycles. The van der Waals surface area contributed by atoms with Crippen LogP contribution in [0.4, 0.5) is 0 Å². The molecule has 3 aromatic rings. The molecule has 26 heavy (non-hydrogen) atoms. The minimum absolute atomic E-state index is 0.0320. The monoisotopic (exact) mass is 389 g/mol. The molecule has 0 N–H and O–H groups in total. The molecule has 0 aliphatic rings. The van der Waals surface area contributed by atoms with Gasteiger partial charge in [0.1, 0.15) is 0 Å². The Morgan fingerprint density at radius 1 is 1.15 bits per heavy atom.